The van der Waals surface area contributed by atoms with Crippen LogP contribution in [0.5, 0.6) is 0 Å². The molecule has 0 heterocycles. The van der Waals surface area contributed by atoms with Gasteiger partial charge in [0.2, 0.25) is 5.91 Å². The van der Waals surface area contributed by atoms with Crippen LogP contribution >= 0.6 is 0 Å². The van der Waals surface area contributed by atoms with Crippen molar-refractivity contribution in [3.05, 3.63) is 64.7 Å². The van der Waals surface area contributed by atoms with Crippen LogP contribution in [0, 0.1) is 13.8 Å². The third kappa shape index (κ3) is 4.42. The number of aryl methyl sites for hydroxylation is 2. The van der Waals surface area contributed by atoms with Crippen molar-refractivity contribution in [2.24, 2.45) is 0 Å². The first kappa shape index (κ1) is 16.7. The molecule has 2 aromatic carbocycles. The minimum atomic E-state index is -0.436. The number of para-hydroxylation sites is 1. The Morgan fingerprint density at radius 3 is 2.48 bits per heavy atom. The molecule has 0 aliphatic rings. The van der Waals surface area contributed by atoms with Crippen LogP contribution in [0.4, 0.5) is 5.69 Å². The van der Waals surface area contributed by atoms with E-state index in [1.807, 2.05) is 32.0 Å². The number of ether oxygens (including phenoxy) is 1. The Labute approximate surface area is 136 Å². The molecule has 0 fully saturated rings. The number of hydrogen-bond acceptors (Lipinski definition) is 3. The molecule has 0 unspecified atom stereocenters. The summed E-state index contributed by atoms with van der Waals surface area (Å²) in [7, 11) is 0. The van der Waals surface area contributed by atoms with E-state index in [0.717, 1.165) is 11.1 Å². The Morgan fingerprint density at radius 2 is 1.78 bits per heavy atom. The topological polar surface area (TPSA) is 55.4 Å². The molecule has 4 nitrogen and oxygen atoms in total. The number of carbonyl (C=O) groups is 2. The second-order valence-electron chi connectivity index (χ2n) is 5.41. The van der Waals surface area contributed by atoms with E-state index in [0.29, 0.717) is 17.9 Å². The number of benzene rings is 2. The highest BCUT2D eigenvalue weighted by Gasteiger charge is 2.14. The maximum Gasteiger partial charge on any atom is 0.340 e. The van der Waals surface area contributed by atoms with E-state index in [2.05, 4.69) is 5.32 Å². The van der Waals surface area contributed by atoms with Crippen LogP contribution in [0.2, 0.25) is 0 Å². The number of nitrogens with one attached hydrogen (secondary N) is 1. The molecule has 1 amide bonds. The fourth-order valence-corrected chi connectivity index (χ4v) is 2.27. The molecule has 0 aliphatic carbocycles. The van der Waals surface area contributed by atoms with Crippen molar-refractivity contribution < 1.29 is 14.3 Å². The van der Waals surface area contributed by atoms with Gasteiger partial charge < -0.3 is 10.1 Å². The second-order valence-corrected chi connectivity index (χ2v) is 5.41. The summed E-state index contributed by atoms with van der Waals surface area (Å²) in [6, 6.07) is 12.8. The molecule has 0 atom stereocenters. The number of amides is 1. The maximum absolute atomic E-state index is 12.2. The van der Waals surface area contributed by atoms with Crippen molar-refractivity contribution in [2.75, 3.05) is 11.9 Å². The summed E-state index contributed by atoms with van der Waals surface area (Å²) in [6.07, 6.45) is 0.262. The van der Waals surface area contributed by atoms with Crippen LogP contribution < -0.4 is 5.32 Å². The Bertz CT molecular complexity index is 722. The van der Waals surface area contributed by atoms with Gasteiger partial charge >= 0.3 is 5.97 Å². The zero-order chi connectivity index (χ0) is 16.8. The summed E-state index contributed by atoms with van der Waals surface area (Å²) < 4.78 is 5.01. The molecule has 0 spiro atoms. The first-order valence-corrected chi connectivity index (χ1v) is 7.63. The van der Waals surface area contributed by atoms with Gasteiger partial charge in [-0.05, 0) is 49.6 Å². The molecule has 4 heteroatoms. The van der Waals surface area contributed by atoms with Gasteiger partial charge in [0.25, 0.3) is 0 Å². The SMILES string of the molecule is CCOC(=O)c1ccccc1NC(=O)Cc1ccc(C)c(C)c1. The molecule has 0 aliphatic heterocycles. The summed E-state index contributed by atoms with van der Waals surface area (Å²) in [5, 5.41) is 2.79. The highest BCUT2D eigenvalue weighted by molar-refractivity contribution is 6.01. The average Bonchev–Trinajstić information content (AvgIpc) is 2.51. The Morgan fingerprint density at radius 1 is 1.04 bits per heavy atom. The maximum atomic E-state index is 12.2. The lowest BCUT2D eigenvalue weighted by Crippen LogP contribution is -2.17. The molecule has 0 bridgehead atoms. The molecule has 2 rings (SSSR count). The number of rotatable bonds is 5. The van der Waals surface area contributed by atoms with Crippen molar-refractivity contribution in [1.29, 1.82) is 0 Å². The van der Waals surface area contributed by atoms with Crippen LogP contribution in [0.3, 0.4) is 0 Å². The van der Waals surface area contributed by atoms with E-state index in [1.165, 1.54) is 5.56 Å². The summed E-state index contributed by atoms with van der Waals surface area (Å²) in [4.78, 5) is 24.2. The zero-order valence-corrected chi connectivity index (χ0v) is 13.7. The van der Waals surface area contributed by atoms with Gasteiger partial charge in [0.05, 0.1) is 24.3 Å². The van der Waals surface area contributed by atoms with Crippen molar-refractivity contribution >= 4 is 17.6 Å². The Hall–Kier alpha value is -2.62. The van der Waals surface area contributed by atoms with Crippen LogP contribution in [-0.4, -0.2) is 18.5 Å². The van der Waals surface area contributed by atoms with Gasteiger partial charge in [0.15, 0.2) is 0 Å². The van der Waals surface area contributed by atoms with Gasteiger partial charge in [-0.25, -0.2) is 4.79 Å². The largest absolute Gasteiger partial charge is 0.462 e. The quantitative estimate of drug-likeness (QED) is 0.857. The lowest BCUT2D eigenvalue weighted by atomic mass is 10.0. The van der Waals surface area contributed by atoms with Crippen LogP contribution in [-0.2, 0) is 16.0 Å². The smallest absolute Gasteiger partial charge is 0.340 e. The van der Waals surface area contributed by atoms with Gasteiger partial charge in [-0.1, -0.05) is 30.3 Å². The van der Waals surface area contributed by atoms with Crippen LogP contribution in [0.1, 0.15) is 34.0 Å². The van der Waals surface area contributed by atoms with Gasteiger partial charge in [-0.2, -0.15) is 0 Å². The standard InChI is InChI=1S/C19H21NO3/c1-4-23-19(22)16-7-5-6-8-17(16)20-18(21)12-15-10-9-13(2)14(3)11-15/h5-11H,4,12H2,1-3H3,(H,20,21). The molecular formula is C19H21NO3. The average molecular weight is 311 g/mol. The molecule has 1 N–H and O–H groups in total. The Kier molecular flexibility index (Phi) is 5.52. The monoisotopic (exact) mass is 311 g/mol. The van der Waals surface area contributed by atoms with Gasteiger partial charge in [0, 0.05) is 0 Å². The lowest BCUT2D eigenvalue weighted by molar-refractivity contribution is -0.115. The summed E-state index contributed by atoms with van der Waals surface area (Å²) in [5.41, 5.74) is 4.13. The molecule has 23 heavy (non-hydrogen) atoms. The molecule has 120 valence electrons. The molecule has 2 aromatic rings. The minimum absolute atomic E-state index is 0.162. The summed E-state index contributed by atoms with van der Waals surface area (Å²) in [6.45, 7) is 6.10. The van der Waals surface area contributed by atoms with E-state index in [9.17, 15) is 9.59 Å². The van der Waals surface area contributed by atoms with Gasteiger partial charge in [0.1, 0.15) is 0 Å². The second kappa shape index (κ2) is 7.58. The van der Waals surface area contributed by atoms with E-state index in [4.69, 9.17) is 4.74 Å². The van der Waals surface area contributed by atoms with Crippen LogP contribution in [0.25, 0.3) is 0 Å². The lowest BCUT2D eigenvalue weighted by Gasteiger charge is -2.11. The number of carbonyl (C=O) groups excluding carboxylic acids is 2. The number of hydrogen-bond donors (Lipinski definition) is 1. The van der Waals surface area contributed by atoms with E-state index in [-0.39, 0.29) is 12.3 Å². The van der Waals surface area contributed by atoms with Crippen molar-refractivity contribution in [3.63, 3.8) is 0 Å². The van der Waals surface area contributed by atoms with Crippen molar-refractivity contribution in [2.45, 2.75) is 27.2 Å². The third-order valence-electron chi connectivity index (χ3n) is 3.63. The van der Waals surface area contributed by atoms with Gasteiger partial charge in [-0.3, -0.25) is 4.79 Å². The van der Waals surface area contributed by atoms with E-state index in [1.54, 1.807) is 31.2 Å². The normalized spacial score (nSPS) is 10.2. The van der Waals surface area contributed by atoms with E-state index >= 15 is 0 Å². The summed E-state index contributed by atoms with van der Waals surface area (Å²) >= 11 is 0. The first-order valence-electron chi connectivity index (χ1n) is 7.63. The predicted octanol–water partition coefficient (Wildman–Crippen LogP) is 3.66. The zero-order valence-electron chi connectivity index (χ0n) is 13.7. The Balaban J connectivity index is 2.11. The number of esters is 1. The minimum Gasteiger partial charge on any atom is -0.462 e. The van der Waals surface area contributed by atoms with Crippen molar-refractivity contribution in [1.82, 2.24) is 0 Å². The predicted molar refractivity (Wildman–Crippen MR) is 90.6 cm³/mol. The highest BCUT2D eigenvalue weighted by atomic mass is 16.5. The summed E-state index contributed by atoms with van der Waals surface area (Å²) in [5.74, 6) is -0.598. The molecule has 0 aromatic heterocycles. The fraction of sp³-hybridized carbons (Fsp3) is 0.263. The van der Waals surface area contributed by atoms with Crippen molar-refractivity contribution in [3.8, 4) is 0 Å². The van der Waals surface area contributed by atoms with Crippen LogP contribution in [0.15, 0.2) is 42.5 Å². The molecule has 0 saturated heterocycles. The highest BCUT2D eigenvalue weighted by Crippen LogP contribution is 2.17. The molecular weight excluding hydrogens is 290 g/mol. The third-order valence-corrected chi connectivity index (χ3v) is 3.63. The number of anilines is 1. The first-order chi connectivity index (χ1) is 11.0. The molecule has 0 radical (unpaired) electrons. The van der Waals surface area contributed by atoms with E-state index < -0.39 is 5.97 Å². The van der Waals surface area contributed by atoms with Gasteiger partial charge in [-0.15, -0.1) is 0 Å². The fourth-order valence-electron chi connectivity index (χ4n) is 2.27. The molecule has 0 saturated carbocycles.